The third kappa shape index (κ3) is 3.27. The summed E-state index contributed by atoms with van der Waals surface area (Å²) >= 11 is 0. The van der Waals surface area contributed by atoms with Gasteiger partial charge in [0.15, 0.2) is 0 Å². The van der Waals surface area contributed by atoms with E-state index in [-0.39, 0.29) is 17.9 Å². The number of carbonyl (C=O) groups excluding carboxylic acids is 1. The Morgan fingerprint density at radius 3 is 3.24 bits per heavy atom. The van der Waals surface area contributed by atoms with Crippen molar-refractivity contribution < 1.29 is 13.9 Å². The molecular weight excluding hydrogens is 221 g/mol. The van der Waals surface area contributed by atoms with E-state index in [2.05, 4.69) is 16.1 Å². The first-order valence-corrected chi connectivity index (χ1v) is 5.71. The predicted molar refractivity (Wildman–Crippen MR) is 60.4 cm³/mol. The molecule has 2 unspecified atom stereocenters. The van der Waals surface area contributed by atoms with E-state index in [0.717, 1.165) is 24.8 Å². The van der Waals surface area contributed by atoms with Crippen LogP contribution in [-0.4, -0.2) is 19.1 Å². The first-order chi connectivity index (χ1) is 8.29. The number of benzene rings is 1. The van der Waals surface area contributed by atoms with Crippen molar-refractivity contribution in [2.75, 3.05) is 6.61 Å². The Bertz CT molecular complexity index is 383. The topological polar surface area (TPSA) is 38.3 Å². The van der Waals surface area contributed by atoms with Crippen molar-refractivity contribution in [1.29, 1.82) is 0 Å². The summed E-state index contributed by atoms with van der Waals surface area (Å²) in [5.41, 5.74) is 0.918. The van der Waals surface area contributed by atoms with Gasteiger partial charge in [0.2, 0.25) is 0 Å². The van der Waals surface area contributed by atoms with E-state index in [1.807, 2.05) is 6.07 Å². The van der Waals surface area contributed by atoms with Crippen molar-refractivity contribution in [2.24, 2.45) is 0 Å². The van der Waals surface area contributed by atoms with Crippen LogP contribution in [0.15, 0.2) is 18.2 Å². The highest BCUT2D eigenvalue weighted by atomic mass is 19.1. The van der Waals surface area contributed by atoms with Gasteiger partial charge in [-0.25, -0.2) is 9.18 Å². The van der Waals surface area contributed by atoms with Crippen LogP contribution < -0.4 is 5.32 Å². The summed E-state index contributed by atoms with van der Waals surface area (Å²) in [7, 11) is 0. The van der Waals surface area contributed by atoms with Gasteiger partial charge in [-0.05, 0) is 30.9 Å². The van der Waals surface area contributed by atoms with Crippen molar-refractivity contribution in [1.82, 2.24) is 5.32 Å². The number of piperidine rings is 1. The molecule has 1 N–H and O–H groups in total. The highest BCUT2D eigenvalue weighted by molar-refractivity contribution is 5.38. The van der Waals surface area contributed by atoms with Crippen molar-refractivity contribution in [3.63, 3.8) is 0 Å². The minimum Gasteiger partial charge on any atom is -0.456 e. The lowest BCUT2D eigenvalue weighted by Crippen LogP contribution is -2.39. The fraction of sp³-hybridized carbons (Fsp3) is 0.462. The van der Waals surface area contributed by atoms with E-state index >= 15 is 0 Å². The predicted octanol–water partition coefficient (Wildman–Crippen LogP) is 1.89. The molecule has 1 aliphatic rings. The van der Waals surface area contributed by atoms with Crippen molar-refractivity contribution in [3.8, 4) is 0 Å². The van der Waals surface area contributed by atoms with E-state index < -0.39 is 0 Å². The molecule has 1 aliphatic heterocycles. The van der Waals surface area contributed by atoms with Crippen molar-refractivity contribution in [3.05, 3.63) is 35.6 Å². The van der Waals surface area contributed by atoms with E-state index in [0.29, 0.717) is 6.61 Å². The van der Waals surface area contributed by atoms with Gasteiger partial charge in [-0.15, -0.1) is 0 Å². The van der Waals surface area contributed by atoms with Gasteiger partial charge in [0.05, 0.1) is 0 Å². The summed E-state index contributed by atoms with van der Waals surface area (Å²) in [6, 6.07) is 7.67. The molecule has 1 aromatic carbocycles. The van der Waals surface area contributed by atoms with Gasteiger partial charge >= 0.3 is 6.47 Å². The van der Waals surface area contributed by atoms with Crippen LogP contribution in [0.3, 0.4) is 0 Å². The zero-order valence-corrected chi connectivity index (χ0v) is 9.41. The third-order valence-electron chi connectivity index (χ3n) is 3.02. The summed E-state index contributed by atoms with van der Waals surface area (Å²) in [5.74, 6) is -0.344. The second-order valence-electron chi connectivity index (χ2n) is 4.21. The minimum atomic E-state index is -0.344. The first-order valence-electron chi connectivity index (χ1n) is 5.71. The van der Waals surface area contributed by atoms with Gasteiger partial charge in [0, 0.05) is 18.2 Å². The molecule has 90 valence electrons. The maximum Gasteiger partial charge on any atom is 0.417 e. The van der Waals surface area contributed by atoms with Crippen LogP contribution in [-0.2, 0) is 9.53 Å². The van der Waals surface area contributed by atoms with Gasteiger partial charge in [0.25, 0.3) is 0 Å². The molecule has 1 heterocycles. The Balaban J connectivity index is 1.99. The number of rotatable bonds is 4. The molecule has 1 fully saturated rings. The maximum atomic E-state index is 13.1. The molecule has 1 aromatic rings. The van der Waals surface area contributed by atoms with Crippen molar-refractivity contribution >= 4 is 6.47 Å². The smallest absolute Gasteiger partial charge is 0.417 e. The van der Waals surface area contributed by atoms with Crippen LogP contribution >= 0.6 is 0 Å². The van der Waals surface area contributed by atoms with Crippen LogP contribution in [0.25, 0.3) is 0 Å². The van der Waals surface area contributed by atoms with Crippen molar-refractivity contribution in [2.45, 2.75) is 31.3 Å². The highest BCUT2D eigenvalue weighted by Crippen LogP contribution is 2.25. The number of ether oxygens (including phenoxy) is 1. The lowest BCUT2D eigenvalue weighted by molar-refractivity contribution is 0.197. The molecule has 2 rings (SSSR count). The standard InChI is InChI=1S/C13H14FNO2/c14-11-4-1-3-10(7-11)13-6-2-5-12(15-13)8-17-9-16/h1,3,7,12-13,15H,2,5-6,8H2. The normalized spacial score (nSPS) is 24.3. The average molecular weight is 235 g/mol. The van der Waals surface area contributed by atoms with Crippen LogP contribution in [0.2, 0.25) is 0 Å². The Morgan fingerprint density at radius 1 is 1.59 bits per heavy atom. The summed E-state index contributed by atoms with van der Waals surface area (Å²) in [6.07, 6.45) is 2.95. The SMILES string of the molecule is O=[C]OCC1CCCC(c2cc[c]c(F)c2)N1. The van der Waals surface area contributed by atoms with Gasteiger partial charge in [0.1, 0.15) is 12.4 Å². The molecular formula is C13H14FNO2. The quantitative estimate of drug-likeness (QED) is 0.866. The van der Waals surface area contributed by atoms with Gasteiger partial charge in [-0.2, -0.15) is 0 Å². The van der Waals surface area contributed by atoms with Gasteiger partial charge in [-0.1, -0.05) is 12.1 Å². The molecule has 0 aliphatic carbocycles. The molecule has 0 aromatic heterocycles. The fourth-order valence-corrected chi connectivity index (χ4v) is 2.22. The molecule has 17 heavy (non-hydrogen) atoms. The number of hydrogen-bond acceptors (Lipinski definition) is 3. The second-order valence-corrected chi connectivity index (χ2v) is 4.21. The number of halogens is 1. The Kier molecular flexibility index (Phi) is 4.09. The Hall–Kier alpha value is -1.42. The van der Waals surface area contributed by atoms with Crippen LogP contribution in [0.4, 0.5) is 4.39 Å². The zero-order chi connectivity index (χ0) is 12.1. The van der Waals surface area contributed by atoms with E-state index in [1.54, 1.807) is 6.07 Å². The molecule has 3 nitrogen and oxygen atoms in total. The molecule has 2 atom stereocenters. The summed E-state index contributed by atoms with van der Waals surface area (Å²) in [4.78, 5) is 10.0. The number of hydrogen-bond donors (Lipinski definition) is 1. The summed E-state index contributed by atoms with van der Waals surface area (Å²) < 4.78 is 17.7. The van der Waals surface area contributed by atoms with Crippen LogP contribution in [0.5, 0.6) is 0 Å². The largest absolute Gasteiger partial charge is 0.456 e. The lowest BCUT2D eigenvalue weighted by atomic mass is 9.94. The third-order valence-corrected chi connectivity index (χ3v) is 3.02. The molecule has 0 spiro atoms. The van der Waals surface area contributed by atoms with E-state index in [9.17, 15) is 9.18 Å². The Labute approximate surface area is 100.0 Å². The Morgan fingerprint density at radius 2 is 2.47 bits per heavy atom. The lowest BCUT2D eigenvalue weighted by Gasteiger charge is -2.30. The summed E-state index contributed by atoms with van der Waals surface area (Å²) in [6.45, 7) is 1.74. The highest BCUT2D eigenvalue weighted by Gasteiger charge is 2.22. The number of nitrogens with one attached hydrogen (secondary N) is 1. The molecule has 2 radical (unpaired) electrons. The monoisotopic (exact) mass is 235 g/mol. The molecule has 0 saturated carbocycles. The van der Waals surface area contributed by atoms with Gasteiger partial charge in [-0.3, -0.25) is 0 Å². The zero-order valence-electron chi connectivity index (χ0n) is 9.41. The molecule has 4 heteroatoms. The minimum absolute atomic E-state index is 0.119. The van der Waals surface area contributed by atoms with E-state index in [1.165, 1.54) is 12.5 Å². The molecule has 1 saturated heterocycles. The molecule has 0 amide bonds. The average Bonchev–Trinajstić information content (AvgIpc) is 2.37. The van der Waals surface area contributed by atoms with Gasteiger partial charge < -0.3 is 10.1 Å². The first kappa shape index (κ1) is 12.0. The molecule has 0 bridgehead atoms. The van der Waals surface area contributed by atoms with E-state index in [4.69, 9.17) is 0 Å². The summed E-state index contributed by atoms with van der Waals surface area (Å²) in [5, 5.41) is 3.35. The maximum absolute atomic E-state index is 13.1. The second kappa shape index (κ2) is 5.77. The fourth-order valence-electron chi connectivity index (χ4n) is 2.22. The van der Waals surface area contributed by atoms with Crippen LogP contribution in [0, 0.1) is 11.9 Å². The van der Waals surface area contributed by atoms with Crippen LogP contribution in [0.1, 0.15) is 30.9 Å².